The van der Waals surface area contributed by atoms with Gasteiger partial charge in [-0.3, -0.25) is 9.48 Å². The van der Waals surface area contributed by atoms with Crippen molar-refractivity contribution in [1.29, 1.82) is 0 Å². The van der Waals surface area contributed by atoms with E-state index in [0.717, 1.165) is 72.4 Å². The number of pyridine rings is 1. The normalized spacial score (nSPS) is 17.9. The van der Waals surface area contributed by atoms with Crippen LogP contribution in [-0.4, -0.2) is 51.8 Å². The van der Waals surface area contributed by atoms with Gasteiger partial charge in [-0.1, -0.05) is 0 Å². The smallest absolute Gasteiger partial charge is 0.229 e. The Labute approximate surface area is 210 Å². The lowest BCUT2D eigenvalue weighted by Gasteiger charge is -2.22. The Morgan fingerprint density at radius 1 is 1.08 bits per heavy atom. The second kappa shape index (κ2) is 8.08. The highest BCUT2D eigenvalue weighted by molar-refractivity contribution is 6.07. The van der Waals surface area contributed by atoms with Gasteiger partial charge in [-0.15, -0.1) is 0 Å². The fourth-order valence-electron chi connectivity index (χ4n) is 5.78. The highest BCUT2D eigenvalue weighted by Gasteiger charge is 2.42. The summed E-state index contributed by atoms with van der Waals surface area (Å²) in [5, 5.41) is 9.34. The summed E-state index contributed by atoms with van der Waals surface area (Å²) in [6.07, 6.45) is 9.36. The summed E-state index contributed by atoms with van der Waals surface area (Å²) in [5.41, 5.74) is 5.07. The fraction of sp³-hybridized carbons (Fsp3) is 0.556. The molecule has 3 aliphatic rings. The second-order valence-corrected chi connectivity index (χ2v) is 10.7. The molecule has 4 heterocycles. The van der Waals surface area contributed by atoms with Crippen LogP contribution in [0.1, 0.15) is 69.7 Å². The molecule has 4 aromatic rings. The van der Waals surface area contributed by atoms with Crippen molar-refractivity contribution in [3.63, 3.8) is 0 Å². The third-order valence-electron chi connectivity index (χ3n) is 7.96. The Hall–Kier alpha value is -3.36. The van der Waals surface area contributed by atoms with Gasteiger partial charge in [0.25, 0.3) is 0 Å². The van der Waals surface area contributed by atoms with Crippen molar-refractivity contribution in [2.45, 2.75) is 89.9 Å². The average molecular weight is 487 g/mol. The number of anilines is 2. The topological polar surface area (TPSA) is 85.8 Å². The Balaban J connectivity index is 1.29. The maximum Gasteiger partial charge on any atom is 0.229 e. The number of carbonyl (C=O) groups excluding carboxylic acids is 1. The van der Waals surface area contributed by atoms with E-state index >= 15 is 0 Å². The van der Waals surface area contributed by atoms with E-state index in [1.165, 1.54) is 18.5 Å². The number of nitrogens with zero attached hydrogens (tertiary/aromatic N) is 7. The quantitative estimate of drug-likeness (QED) is 0.377. The summed E-state index contributed by atoms with van der Waals surface area (Å²) in [6, 6.07) is 5.25. The summed E-state index contributed by atoms with van der Waals surface area (Å²) >= 11 is 0. The van der Waals surface area contributed by atoms with E-state index in [2.05, 4.69) is 50.0 Å². The molecule has 0 saturated heterocycles. The number of imidazole rings is 1. The molecule has 36 heavy (non-hydrogen) atoms. The van der Waals surface area contributed by atoms with Crippen LogP contribution >= 0.6 is 0 Å². The van der Waals surface area contributed by atoms with Crippen LogP contribution in [0.25, 0.3) is 22.1 Å². The van der Waals surface area contributed by atoms with Gasteiger partial charge in [0.2, 0.25) is 5.91 Å². The minimum atomic E-state index is 0.259. The molecule has 4 aromatic heterocycles. The predicted octanol–water partition coefficient (Wildman–Crippen LogP) is 4.48. The Morgan fingerprint density at radius 3 is 2.47 bits per heavy atom. The number of rotatable bonds is 9. The molecular weight excluding hydrogens is 452 g/mol. The Kier molecular flexibility index (Phi) is 4.91. The maximum absolute atomic E-state index is 13.4. The number of aryl methyl sites for hydroxylation is 3. The first-order valence-corrected chi connectivity index (χ1v) is 13.5. The van der Waals surface area contributed by atoms with Crippen LogP contribution in [0.2, 0.25) is 0 Å². The molecular formula is C27H34N8O. The van der Waals surface area contributed by atoms with E-state index in [0.29, 0.717) is 30.2 Å². The summed E-state index contributed by atoms with van der Waals surface area (Å²) in [5.74, 6) is 2.41. The summed E-state index contributed by atoms with van der Waals surface area (Å²) in [6.45, 7) is 5.87. The fourth-order valence-corrected chi connectivity index (χ4v) is 5.78. The zero-order valence-electron chi connectivity index (χ0n) is 21.4. The highest BCUT2D eigenvalue weighted by Crippen LogP contribution is 2.42. The molecule has 0 aromatic carbocycles. The number of carbonyl (C=O) groups is 1. The molecule has 3 aliphatic carbocycles. The lowest BCUT2D eigenvalue weighted by atomic mass is 10.2. The molecule has 0 unspecified atom stereocenters. The van der Waals surface area contributed by atoms with Crippen molar-refractivity contribution in [3.05, 3.63) is 29.8 Å². The molecule has 1 N–H and O–H groups in total. The molecule has 188 valence electrons. The van der Waals surface area contributed by atoms with Crippen molar-refractivity contribution in [1.82, 2.24) is 33.8 Å². The van der Waals surface area contributed by atoms with Crippen molar-refractivity contribution in [2.75, 3.05) is 5.32 Å². The maximum atomic E-state index is 13.4. The number of hydrogen-bond donors (Lipinski definition) is 1. The summed E-state index contributed by atoms with van der Waals surface area (Å²) in [4.78, 5) is 25.3. The number of fused-ring (bicyclic) bond motifs is 3. The molecule has 9 nitrogen and oxygen atoms in total. The Morgan fingerprint density at radius 2 is 1.83 bits per heavy atom. The first kappa shape index (κ1) is 21.9. The second-order valence-electron chi connectivity index (χ2n) is 10.7. The molecule has 3 fully saturated rings. The standard InChI is InChI=1S/C27H34N8O/c1-4-33-19(13-23(36)35(17-8-9-17)18-10-11-18)12-20-25-24(28-15-32(25)3)26(30-27(20)33)29-22-14-21(16-6-7-16)34(5-2)31-22/h12,14-18H,4-11,13H2,1-3H3,(H,29,30,31). The third-order valence-corrected chi connectivity index (χ3v) is 7.96. The first-order valence-electron chi connectivity index (χ1n) is 13.5. The molecule has 0 aliphatic heterocycles. The van der Waals surface area contributed by atoms with Crippen LogP contribution in [0.3, 0.4) is 0 Å². The number of nitrogens with one attached hydrogen (secondary N) is 1. The van der Waals surface area contributed by atoms with Gasteiger partial charge in [-0.25, -0.2) is 9.97 Å². The van der Waals surface area contributed by atoms with Gasteiger partial charge in [-0.2, -0.15) is 5.10 Å². The van der Waals surface area contributed by atoms with E-state index in [1.54, 1.807) is 0 Å². The monoisotopic (exact) mass is 486 g/mol. The third kappa shape index (κ3) is 3.59. The predicted molar refractivity (Wildman–Crippen MR) is 139 cm³/mol. The molecule has 1 amide bonds. The van der Waals surface area contributed by atoms with Gasteiger partial charge in [0.15, 0.2) is 11.6 Å². The van der Waals surface area contributed by atoms with E-state index in [9.17, 15) is 4.79 Å². The van der Waals surface area contributed by atoms with Gasteiger partial charge < -0.3 is 19.4 Å². The number of hydrogen-bond acceptors (Lipinski definition) is 5. The zero-order valence-corrected chi connectivity index (χ0v) is 21.4. The van der Waals surface area contributed by atoms with Gasteiger partial charge in [0.1, 0.15) is 11.2 Å². The molecule has 9 heteroatoms. The summed E-state index contributed by atoms with van der Waals surface area (Å²) < 4.78 is 6.35. The van der Waals surface area contributed by atoms with Gasteiger partial charge >= 0.3 is 0 Å². The lowest BCUT2D eigenvalue weighted by molar-refractivity contribution is -0.131. The molecule has 3 saturated carbocycles. The molecule has 0 bridgehead atoms. The van der Waals surface area contributed by atoms with Crippen LogP contribution in [0.4, 0.5) is 11.6 Å². The van der Waals surface area contributed by atoms with Crippen molar-refractivity contribution in [3.8, 4) is 0 Å². The van der Waals surface area contributed by atoms with Crippen LogP contribution in [-0.2, 0) is 31.4 Å². The van der Waals surface area contributed by atoms with Crippen molar-refractivity contribution >= 4 is 39.6 Å². The minimum absolute atomic E-state index is 0.259. The van der Waals surface area contributed by atoms with Crippen molar-refractivity contribution < 1.29 is 4.79 Å². The van der Waals surface area contributed by atoms with Crippen LogP contribution in [0.15, 0.2) is 18.5 Å². The highest BCUT2D eigenvalue weighted by atomic mass is 16.2. The summed E-state index contributed by atoms with van der Waals surface area (Å²) in [7, 11) is 2.02. The molecule has 0 spiro atoms. The largest absolute Gasteiger partial charge is 0.336 e. The van der Waals surface area contributed by atoms with Crippen LogP contribution in [0, 0.1) is 0 Å². The molecule has 0 atom stereocenters. The molecule has 0 radical (unpaired) electrons. The van der Waals surface area contributed by atoms with E-state index in [1.807, 2.05) is 13.4 Å². The van der Waals surface area contributed by atoms with Crippen LogP contribution in [0.5, 0.6) is 0 Å². The Bertz CT molecular complexity index is 1470. The van der Waals surface area contributed by atoms with Crippen LogP contribution < -0.4 is 5.32 Å². The van der Waals surface area contributed by atoms with Crippen molar-refractivity contribution in [2.24, 2.45) is 7.05 Å². The van der Waals surface area contributed by atoms with Gasteiger partial charge in [0.05, 0.1) is 18.3 Å². The van der Waals surface area contributed by atoms with Gasteiger partial charge in [0, 0.05) is 61.0 Å². The minimum Gasteiger partial charge on any atom is -0.336 e. The van der Waals surface area contributed by atoms with E-state index < -0.39 is 0 Å². The van der Waals surface area contributed by atoms with E-state index in [4.69, 9.17) is 15.1 Å². The SMILES string of the molecule is CCn1nc(Nc2nc3c(cc(CC(=O)N(C4CC4)C4CC4)n3CC)c3c2ncn3C)cc1C1CC1. The average Bonchev–Trinajstić information content (AvgIpc) is 3.78. The van der Waals surface area contributed by atoms with Gasteiger partial charge in [-0.05, 0) is 58.4 Å². The van der Waals surface area contributed by atoms with E-state index in [-0.39, 0.29) is 5.91 Å². The lowest BCUT2D eigenvalue weighted by Crippen LogP contribution is -2.36. The zero-order chi connectivity index (χ0) is 24.6. The first-order chi connectivity index (χ1) is 17.6. The number of aromatic nitrogens is 6. The number of amides is 1. The molecule has 7 rings (SSSR count).